The lowest BCUT2D eigenvalue weighted by Crippen LogP contribution is -2.21. The second-order valence-corrected chi connectivity index (χ2v) is 11.8. The summed E-state index contributed by atoms with van der Waals surface area (Å²) in [5.74, 6) is 1.42. The first-order valence-electron chi connectivity index (χ1n) is 18.2. The Kier molecular flexibility index (Phi) is 19.9. The molecule has 0 aromatic heterocycles. The Morgan fingerprint density at radius 1 is 0.583 bits per heavy atom. The maximum absolute atomic E-state index is 9.99. The van der Waals surface area contributed by atoms with Gasteiger partial charge in [-0.2, -0.15) is 10.5 Å². The zero-order valence-electron chi connectivity index (χ0n) is 30.4. The standard InChI is InChI=1S/C40H58N6O2/c1-7-13-15-17-19-25-47-39-27-35(45(9-3)10-4)23-21-33(39)31-43-37(29-41)38(30-42)44-32-34-22-24-36(46(11-5)12-6)28-40(34)48-26-20-18-16-14-8-2/h21-24,27-28,31-32H,7-20,25-26H2,1-6H3/b38-37+,43-31?,44-32?. The van der Waals surface area contributed by atoms with Gasteiger partial charge in [0.1, 0.15) is 23.6 Å². The van der Waals surface area contributed by atoms with Crippen LogP contribution in [0.4, 0.5) is 11.4 Å². The SMILES string of the molecule is CCCCCCCOc1cc(N(CC)CC)ccc1C=N/C(C#N)=C(\C#N)N=Cc1ccc(N(CC)CC)cc1OCCCCCCC. The number of benzene rings is 2. The van der Waals surface area contributed by atoms with E-state index in [4.69, 9.17) is 9.47 Å². The van der Waals surface area contributed by atoms with Crippen molar-refractivity contribution in [3.05, 3.63) is 58.9 Å². The molecule has 0 unspecified atom stereocenters. The predicted octanol–water partition coefficient (Wildman–Crippen LogP) is 9.87. The second kappa shape index (κ2) is 23.9. The molecular weight excluding hydrogens is 596 g/mol. The molecule has 0 aliphatic rings. The van der Waals surface area contributed by atoms with Crippen LogP contribution in [0.15, 0.2) is 57.8 Å². The molecule has 2 aromatic rings. The van der Waals surface area contributed by atoms with Gasteiger partial charge in [-0.15, -0.1) is 0 Å². The van der Waals surface area contributed by atoms with E-state index < -0.39 is 0 Å². The fraction of sp³-hybridized carbons (Fsp3) is 0.550. The van der Waals surface area contributed by atoms with Crippen molar-refractivity contribution in [2.24, 2.45) is 9.98 Å². The largest absolute Gasteiger partial charge is 0.493 e. The minimum absolute atomic E-state index is 0.0646. The fourth-order valence-electron chi connectivity index (χ4n) is 5.41. The topological polar surface area (TPSA) is 97.2 Å². The lowest BCUT2D eigenvalue weighted by atomic mass is 10.1. The van der Waals surface area contributed by atoms with Crippen LogP contribution in [0.5, 0.6) is 11.5 Å². The van der Waals surface area contributed by atoms with Crippen LogP contribution in [0.3, 0.4) is 0 Å². The molecule has 0 N–H and O–H groups in total. The molecule has 0 radical (unpaired) electrons. The number of rotatable bonds is 24. The van der Waals surface area contributed by atoms with E-state index in [-0.39, 0.29) is 11.4 Å². The number of hydrogen-bond acceptors (Lipinski definition) is 8. The molecule has 8 nitrogen and oxygen atoms in total. The third-order valence-electron chi connectivity index (χ3n) is 8.36. The van der Waals surface area contributed by atoms with Gasteiger partial charge in [0.05, 0.1) is 13.2 Å². The average molecular weight is 655 g/mol. The number of unbranched alkanes of at least 4 members (excludes halogenated alkanes) is 8. The quantitative estimate of drug-likeness (QED) is 0.0635. The van der Waals surface area contributed by atoms with E-state index in [2.05, 4.69) is 73.5 Å². The van der Waals surface area contributed by atoms with Crippen molar-refractivity contribution in [2.75, 3.05) is 49.2 Å². The van der Waals surface area contributed by atoms with Crippen molar-refractivity contribution in [1.82, 2.24) is 0 Å². The molecule has 0 saturated carbocycles. The zero-order chi connectivity index (χ0) is 35.0. The summed E-state index contributed by atoms with van der Waals surface area (Å²) in [6, 6.07) is 16.2. The first-order valence-corrected chi connectivity index (χ1v) is 18.2. The molecule has 0 atom stereocenters. The van der Waals surface area contributed by atoms with E-state index >= 15 is 0 Å². The minimum Gasteiger partial charge on any atom is -0.493 e. The van der Waals surface area contributed by atoms with Crippen LogP contribution in [0.25, 0.3) is 0 Å². The van der Waals surface area contributed by atoms with Crippen LogP contribution in [0.2, 0.25) is 0 Å². The molecular formula is C40H58N6O2. The van der Waals surface area contributed by atoms with Crippen LogP contribution in [-0.2, 0) is 0 Å². The van der Waals surface area contributed by atoms with E-state index in [1.165, 1.54) is 38.5 Å². The summed E-state index contributed by atoms with van der Waals surface area (Å²) in [5, 5.41) is 20.0. The van der Waals surface area contributed by atoms with Gasteiger partial charge in [-0.1, -0.05) is 65.2 Å². The second-order valence-electron chi connectivity index (χ2n) is 11.8. The van der Waals surface area contributed by atoms with Crippen molar-refractivity contribution >= 4 is 23.8 Å². The summed E-state index contributed by atoms with van der Waals surface area (Å²) in [4.78, 5) is 13.4. The lowest BCUT2D eigenvalue weighted by molar-refractivity contribution is 0.304. The Morgan fingerprint density at radius 2 is 0.958 bits per heavy atom. The number of nitrogens with zero attached hydrogens (tertiary/aromatic N) is 6. The van der Waals surface area contributed by atoms with Crippen LogP contribution >= 0.6 is 0 Å². The first-order chi connectivity index (χ1) is 23.5. The normalized spacial score (nSPS) is 11.8. The molecule has 8 heteroatoms. The Labute approximate surface area is 290 Å². The van der Waals surface area contributed by atoms with E-state index in [1.54, 1.807) is 12.4 Å². The molecule has 0 spiro atoms. The molecule has 2 rings (SSSR count). The van der Waals surface area contributed by atoms with Crippen molar-refractivity contribution < 1.29 is 9.47 Å². The third kappa shape index (κ3) is 13.4. The molecule has 48 heavy (non-hydrogen) atoms. The molecule has 0 saturated heterocycles. The number of ether oxygens (including phenoxy) is 2. The zero-order valence-corrected chi connectivity index (χ0v) is 30.4. The Bertz CT molecular complexity index is 1290. The van der Waals surface area contributed by atoms with Gasteiger partial charge in [-0.05, 0) is 64.8 Å². The van der Waals surface area contributed by atoms with Gasteiger partial charge < -0.3 is 19.3 Å². The predicted molar refractivity (Wildman–Crippen MR) is 202 cm³/mol. The fourth-order valence-corrected chi connectivity index (χ4v) is 5.41. The van der Waals surface area contributed by atoms with E-state index in [9.17, 15) is 10.5 Å². The Morgan fingerprint density at radius 3 is 1.29 bits per heavy atom. The minimum atomic E-state index is -0.0646. The van der Waals surface area contributed by atoms with Gasteiger partial charge in [0.25, 0.3) is 0 Å². The molecule has 0 heterocycles. The van der Waals surface area contributed by atoms with E-state index in [0.29, 0.717) is 24.7 Å². The van der Waals surface area contributed by atoms with Crippen LogP contribution < -0.4 is 19.3 Å². The summed E-state index contributed by atoms with van der Waals surface area (Å²) in [6.45, 7) is 17.7. The van der Waals surface area contributed by atoms with Crippen molar-refractivity contribution in [2.45, 2.75) is 106 Å². The van der Waals surface area contributed by atoms with Crippen LogP contribution in [-0.4, -0.2) is 51.8 Å². The molecule has 0 aliphatic carbocycles. The van der Waals surface area contributed by atoms with Gasteiger partial charge >= 0.3 is 0 Å². The number of nitriles is 2. The van der Waals surface area contributed by atoms with Crippen LogP contribution in [0.1, 0.15) is 117 Å². The Hall–Kier alpha value is -4.30. The summed E-state index contributed by atoms with van der Waals surface area (Å²) in [7, 11) is 0. The van der Waals surface area contributed by atoms with E-state index in [1.807, 2.05) is 36.4 Å². The summed E-state index contributed by atoms with van der Waals surface area (Å²) in [6.07, 6.45) is 14.7. The Balaban J connectivity index is 2.37. The molecule has 0 amide bonds. The third-order valence-corrected chi connectivity index (χ3v) is 8.36. The maximum atomic E-state index is 9.99. The summed E-state index contributed by atoms with van der Waals surface area (Å²) >= 11 is 0. The smallest absolute Gasteiger partial charge is 0.176 e. The highest BCUT2D eigenvalue weighted by atomic mass is 16.5. The highest BCUT2D eigenvalue weighted by molar-refractivity contribution is 5.87. The lowest BCUT2D eigenvalue weighted by Gasteiger charge is -2.22. The monoisotopic (exact) mass is 654 g/mol. The molecule has 260 valence electrons. The maximum Gasteiger partial charge on any atom is 0.176 e. The van der Waals surface area contributed by atoms with Crippen molar-refractivity contribution in [3.8, 4) is 23.6 Å². The highest BCUT2D eigenvalue weighted by Crippen LogP contribution is 2.27. The highest BCUT2D eigenvalue weighted by Gasteiger charge is 2.11. The van der Waals surface area contributed by atoms with Gasteiger partial charge in [0.2, 0.25) is 0 Å². The number of hydrogen-bond donors (Lipinski definition) is 0. The van der Waals surface area contributed by atoms with Gasteiger partial charge in [0, 0.05) is 73.2 Å². The van der Waals surface area contributed by atoms with Gasteiger partial charge in [0.15, 0.2) is 11.4 Å². The molecule has 2 aromatic carbocycles. The summed E-state index contributed by atoms with van der Waals surface area (Å²) in [5.41, 5.74) is 3.51. The number of aliphatic imine (C=N–C) groups is 2. The van der Waals surface area contributed by atoms with Crippen LogP contribution in [0, 0.1) is 22.7 Å². The molecule has 0 bridgehead atoms. The molecule has 0 fully saturated rings. The molecule has 0 aliphatic heterocycles. The summed E-state index contributed by atoms with van der Waals surface area (Å²) < 4.78 is 12.5. The van der Waals surface area contributed by atoms with E-state index in [0.717, 1.165) is 74.4 Å². The van der Waals surface area contributed by atoms with Gasteiger partial charge in [-0.25, -0.2) is 9.98 Å². The number of allylic oxidation sites excluding steroid dienone is 2. The number of anilines is 2. The van der Waals surface area contributed by atoms with Crippen molar-refractivity contribution in [3.63, 3.8) is 0 Å². The first kappa shape index (κ1) is 39.9. The van der Waals surface area contributed by atoms with Gasteiger partial charge in [-0.3, -0.25) is 0 Å². The average Bonchev–Trinajstić information content (AvgIpc) is 3.11. The van der Waals surface area contributed by atoms with Crippen molar-refractivity contribution in [1.29, 1.82) is 10.5 Å².